The molecule has 7 nitrogen and oxygen atoms in total. The van der Waals surface area contributed by atoms with Crippen LogP contribution in [0.5, 0.6) is 0 Å². The highest BCUT2D eigenvalue weighted by Crippen LogP contribution is 2.38. The molecule has 0 aromatic heterocycles. The lowest BCUT2D eigenvalue weighted by Gasteiger charge is -2.33. The van der Waals surface area contributed by atoms with Gasteiger partial charge in [-0.2, -0.15) is 0 Å². The Bertz CT molecular complexity index is 517. The van der Waals surface area contributed by atoms with Crippen LogP contribution in [0.3, 0.4) is 0 Å². The summed E-state index contributed by atoms with van der Waals surface area (Å²) in [6.07, 6.45) is 3.22. The average molecular weight is 484 g/mol. The zero-order chi connectivity index (χ0) is 18.7. The molecule has 2 saturated carbocycles. The second kappa shape index (κ2) is 8.62. The third-order valence-electron chi connectivity index (χ3n) is 5.01. The van der Waals surface area contributed by atoms with Gasteiger partial charge in [0.25, 0.3) is 0 Å². The van der Waals surface area contributed by atoms with Gasteiger partial charge in [-0.1, -0.05) is 44.7 Å². The van der Waals surface area contributed by atoms with Crippen LogP contribution < -0.4 is 0 Å². The molecular formula is C16H20Br2O7. The molecule has 0 aromatic carbocycles. The lowest BCUT2D eigenvalue weighted by atomic mass is 9.78. The van der Waals surface area contributed by atoms with E-state index < -0.39 is 47.5 Å². The summed E-state index contributed by atoms with van der Waals surface area (Å²) >= 11 is 6.57. The summed E-state index contributed by atoms with van der Waals surface area (Å²) in [6.45, 7) is 0. The molecule has 2 fully saturated rings. The minimum absolute atomic E-state index is 0.333. The molecule has 0 aliphatic heterocycles. The number of hydrogen-bond acceptors (Lipinski definition) is 5. The van der Waals surface area contributed by atoms with E-state index in [4.69, 9.17) is 4.74 Å². The van der Waals surface area contributed by atoms with Crippen LogP contribution in [0.25, 0.3) is 0 Å². The number of rotatable bonds is 4. The van der Waals surface area contributed by atoms with Gasteiger partial charge in [0.15, 0.2) is 0 Å². The van der Waals surface area contributed by atoms with Crippen molar-refractivity contribution in [3.05, 3.63) is 0 Å². The third kappa shape index (κ3) is 4.61. The monoisotopic (exact) mass is 482 g/mol. The molecule has 0 amide bonds. The summed E-state index contributed by atoms with van der Waals surface area (Å²) in [5.41, 5.74) is 0. The highest BCUT2D eigenvalue weighted by atomic mass is 79.9. The Labute approximate surface area is 161 Å². The zero-order valence-corrected chi connectivity index (χ0v) is 16.6. The maximum atomic E-state index is 12.4. The van der Waals surface area contributed by atoms with Gasteiger partial charge in [0.2, 0.25) is 0 Å². The normalized spacial score (nSPS) is 35.6. The lowest BCUT2D eigenvalue weighted by Crippen LogP contribution is -2.43. The minimum Gasteiger partial charge on any atom is -0.481 e. The highest BCUT2D eigenvalue weighted by Gasteiger charge is 2.46. The predicted octanol–water partition coefficient (Wildman–Crippen LogP) is 2.58. The topological polar surface area (TPSA) is 118 Å². The Kier molecular flexibility index (Phi) is 7.01. The highest BCUT2D eigenvalue weighted by molar-refractivity contribution is 9.09. The Hall–Kier alpha value is -0.960. The summed E-state index contributed by atoms with van der Waals surface area (Å²) in [6, 6.07) is 0. The number of halogens is 2. The Morgan fingerprint density at radius 1 is 0.720 bits per heavy atom. The van der Waals surface area contributed by atoms with Gasteiger partial charge in [-0.3, -0.25) is 19.2 Å². The molecule has 140 valence electrons. The smallest absolute Gasteiger partial charge is 0.317 e. The molecule has 25 heavy (non-hydrogen) atoms. The quantitative estimate of drug-likeness (QED) is 0.358. The largest absolute Gasteiger partial charge is 0.481 e. The molecule has 2 rings (SSSR count). The summed E-state index contributed by atoms with van der Waals surface area (Å²) in [5.74, 6) is -7.71. The van der Waals surface area contributed by atoms with Crippen molar-refractivity contribution in [2.45, 2.75) is 48.2 Å². The first-order chi connectivity index (χ1) is 11.7. The van der Waals surface area contributed by atoms with E-state index in [1.165, 1.54) is 0 Å². The van der Waals surface area contributed by atoms with Crippen LogP contribution in [0.2, 0.25) is 0 Å². The molecule has 6 unspecified atom stereocenters. The fraction of sp³-hybridized carbons (Fsp3) is 0.750. The molecule has 0 radical (unpaired) electrons. The molecule has 0 aromatic rings. The van der Waals surface area contributed by atoms with Gasteiger partial charge in [-0.15, -0.1) is 0 Å². The van der Waals surface area contributed by atoms with E-state index in [1.807, 2.05) is 0 Å². The van der Waals surface area contributed by atoms with Gasteiger partial charge < -0.3 is 14.9 Å². The number of esters is 2. The van der Waals surface area contributed by atoms with Crippen LogP contribution in [0, 0.1) is 23.7 Å². The van der Waals surface area contributed by atoms with E-state index in [9.17, 15) is 29.4 Å². The number of hydrogen-bond donors (Lipinski definition) is 2. The van der Waals surface area contributed by atoms with Crippen molar-refractivity contribution in [1.82, 2.24) is 0 Å². The Morgan fingerprint density at radius 2 is 1.08 bits per heavy atom. The molecule has 9 heteroatoms. The van der Waals surface area contributed by atoms with Crippen molar-refractivity contribution in [1.29, 1.82) is 0 Å². The number of ether oxygens (including phenoxy) is 1. The van der Waals surface area contributed by atoms with Gasteiger partial charge in [0, 0.05) is 9.65 Å². The molecule has 0 bridgehead atoms. The first-order valence-corrected chi connectivity index (χ1v) is 10.1. The van der Waals surface area contributed by atoms with Crippen molar-refractivity contribution in [2.75, 3.05) is 0 Å². The third-order valence-corrected chi connectivity index (χ3v) is 7.07. The summed E-state index contributed by atoms with van der Waals surface area (Å²) < 4.78 is 4.94. The van der Waals surface area contributed by atoms with E-state index in [2.05, 4.69) is 31.9 Å². The first kappa shape index (κ1) is 20.4. The lowest BCUT2D eigenvalue weighted by molar-refractivity contribution is -0.173. The fourth-order valence-electron chi connectivity index (χ4n) is 3.72. The number of carbonyl (C=O) groups excluding carboxylic acids is 2. The van der Waals surface area contributed by atoms with Crippen molar-refractivity contribution < 1.29 is 34.1 Å². The Balaban J connectivity index is 2.09. The van der Waals surface area contributed by atoms with Crippen molar-refractivity contribution in [3.8, 4) is 0 Å². The maximum absolute atomic E-state index is 12.4. The van der Waals surface area contributed by atoms with Crippen LogP contribution >= 0.6 is 31.9 Å². The Morgan fingerprint density at radius 3 is 1.40 bits per heavy atom. The molecular weight excluding hydrogens is 464 g/mol. The zero-order valence-electron chi connectivity index (χ0n) is 13.4. The van der Waals surface area contributed by atoms with Gasteiger partial charge in [-0.25, -0.2) is 0 Å². The molecule has 0 heterocycles. The minimum atomic E-state index is -1.11. The fourth-order valence-corrected chi connectivity index (χ4v) is 5.56. The van der Waals surface area contributed by atoms with E-state index in [0.29, 0.717) is 38.5 Å². The van der Waals surface area contributed by atoms with E-state index in [1.54, 1.807) is 0 Å². The van der Waals surface area contributed by atoms with Gasteiger partial charge in [-0.05, 0) is 25.7 Å². The van der Waals surface area contributed by atoms with E-state index in [-0.39, 0.29) is 9.65 Å². The number of carboxylic acid groups (broad SMARTS) is 2. The molecule has 2 N–H and O–H groups in total. The van der Waals surface area contributed by atoms with Crippen LogP contribution in [0.1, 0.15) is 38.5 Å². The number of aliphatic carboxylic acids is 2. The average Bonchev–Trinajstić information content (AvgIpc) is 2.53. The molecule has 6 atom stereocenters. The summed E-state index contributed by atoms with van der Waals surface area (Å²) in [4.78, 5) is 46.9. The number of alkyl halides is 2. The second-order valence-corrected chi connectivity index (χ2v) is 8.93. The molecule has 2 aliphatic rings. The molecule has 0 saturated heterocycles. The number of carboxylic acids is 2. The van der Waals surface area contributed by atoms with Crippen molar-refractivity contribution in [2.24, 2.45) is 23.7 Å². The maximum Gasteiger partial charge on any atom is 0.317 e. The van der Waals surface area contributed by atoms with E-state index >= 15 is 0 Å². The van der Waals surface area contributed by atoms with Crippen molar-refractivity contribution >= 4 is 55.7 Å². The van der Waals surface area contributed by atoms with Gasteiger partial charge >= 0.3 is 23.9 Å². The van der Waals surface area contributed by atoms with Gasteiger partial charge in [0.05, 0.1) is 23.7 Å². The van der Waals surface area contributed by atoms with Gasteiger partial charge in [0.1, 0.15) is 0 Å². The van der Waals surface area contributed by atoms with Crippen LogP contribution in [0.4, 0.5) is 0 Å². The van der Waals surface area contributed by atoms with Crippen LogP contribution in [0.15, 0.2) is 0 Å². The first-order valence-electron chi connectivity index (χ1n) is 8.23. The standard InChI is InChI=1S/C16H20Br2O7/c17-9-5-1-3-7(11(9)13(19)20)15(23)25-16(24)8-4-2-6-10(18)12(8)14(21)22/h7-12H,1-6H2,(H,19,20)(H,21,22). The SMILES string of the molecule is O=C(OC(=O)C1CCCC(Br)C1C(=O)O)C1CCCC(Br)C1C(=O)O. The van der Waals surface area contributed by atoms with E-state index in [0.717, 1.165) is 0 Å². The second-order valence-electron chi connectivity index (χ2n) is 6.57. The number of carbonyl (C=O) groups is 4. The summed E-state index contributed by atoms with van der Waals surface area (Å²) in [5, 5.41) is 18.7. The predicted molar refractivity (Wildman–Crippen MR) is 93.5 cm³/mol. The molecule has 0 spiro atoms. The molecule has 2 aliphatic carbocycles. The summed E-state index contributed by atoms with van der Waals surface area (Å²) in [7, 11) is 0. The van der Waals surface area contributed by atoms with Crippen LogP contribution in [-0.2, 0) is 23.9 Å². The van der Waals surface area contributed by atoms with Crippen LogP contribution in [-0.4, -0.2) is 43.7 Å². The van der Waals surface area contributed by atoms with Crippen molar-refractivity contribution in [3.63, 3.8) is 0 Å².